The number of Topliss-reactive ketones (excluding diaryl/α,β-unsaturated/α-hetero) is 1. The number of ether oxygens (including phenoxy) is 1. The van der Waals surface area contributed by atoms with Gasteiger partial charge in [0.05, 0.1) is 12.5 Å². The third kappa shape index (κ3) is 5.17. The quantitative estimate of drug-likeness (QED) is 0.206. The molecule has 0 spiro atoms. The van der Waals surface area contributed by atoms with Crippen molar-refractivity contribution in [3.05, 3.63) is 11.6 Å². The lowest BCUT2D eigenvalue weighted by Crippen LogP contribution is -2.62. The number of aliphatic carboxylic acids is 1. The molecule has 11 heteroatoms. The fourth-order valence-electron chi connectivity index (χ4n) is 8.16. The Labute approximate surface area is 233 Å². The number of carbonyl (C=O) groups is 5. The number of aliphatic hydroxyl groups excluding tert-OH is 1. The Morgan fingerprint density at radius 2 is 1.87 bits per heavy atom. The van der Waals surface area contributed by atoms with Gasteiger partial charge >= 0.3 is 11.9 Å². The molecule has 3 fully saturated rings. The summed E-state index contributed by atoms with van der Waals surface area (Å²) >= 11 is 3.86. The predicted octanol–water partition coefficient (Wildman–Crippen LogP) is 1.61. The Bertz CT molecular complexity index is 1090. The maximum absolute atomic E-state index is 13.3. The van der Waals surface area contributed by atoms with Crippen molar-refractivity contribution in [1.82, 2.24) is 5.32 Å². The highest BCUT2D eigenvalue weighted by molar-refractivity contribution is 7.80. The minimum atomic E-state index is -1.76. The third-order valence-electron chi connectivity index (χ3n) is 10.2. The molecule has 0 aliphatic heterocycles. The van der Waals surface area contributed by atoms with E-state index in [2.05, 4.69) is 24.9 Å². The average Bonchev–Trinajstić information content (AvgIpc) is 3.15. The van der Waals surface area contributed by atoms with Gasteiger partial charge in [-0.05, 0) is 67.8 Å². The smallest absolute Gasteiger partial charge is 0.327 e. The Kier molecular flexibility index (Phi) is 8.36. The minimum absolute atomic E-state index is 0.00395. The van der Waals surface area contributed by atoms with Gasteiger partial charge in [-0.2, -0.15) is 12.6 Å². The molecular formula is C28H39NO9S. The summed E-state index contributed by atoms with van der Waals surface area (Å²) < 4.78 is 5.10. The van der Waals surface area contributed by atoms with Crippen molar-refractivity contribution in [1.29, 1.82) is 0 Å². The average molecular weight is 566 g/mol. The number of fused-ring (bicyclic) bond motifs is 5. The van der Waals surface area contributed by atoms with E-state index in [1.54, 1.807) is 6.08 Å². The molecule has 0 unspecified atom stereocenters. The number of amides is 1. The zero-order valence-corrected chi connectivity index (χ0v) is 23.4. The number of aliphatic hydroxyl groups is 2. The van der Waals surface area contributed by atoms with E-state index in [0.29, 0.717) is 19.3 Å². The number of allylic oxidation sites excluding steroid dienone is 1. The maximum Gasteiger partial charge on any atom is 0.327 e. The maximum atomic E-state index is 13.3. The van der Waals surface area contributed by atoms with Gasteiger partial charge in [-0.1, -0.05) is 19.4 Å². The van der Waals surface area contributed by atoms with E-state index in [-0.39, 0.29) is 60.4 Å². The summed E-state index contributed by atoms with van der Waals surface area (Å²) in [6.07, 6.45) is 4.12. The van der Waals surface area contributed by atoms with Gasteiger partial charge in [-0.3, -0.25) is 19.2 Å². The van der Waals surface area contributed by atoms with Crippen LogP contribution in [-0.4, -0.2) is 74.8 Å². The summed E-state index contributed by atoms with van der Waals surface area (Å²) in [6.45, 7) is 3.34. The van der Waals surface area contributed by atoms with E-state index in [1.165, 1.54) is 0 Å². The number of hydrogen-bond acceptors (Lipinski definition) is 9. The van der Waals surface area contributed by atoms with Crippen LogP contribution in [0.1, 0.15) is 71.6 Å². The Balaban J connectivity index is 1.39. The number of carbonyl (C=O) groups excluding carboxylic acids is 4. The molecule has 3 saturated carbocycles. The van der Waals surface area contributed by atoms with Crippen LogP contribution in [0, 0.1) is 28.6 Å². The molecule has 0 aromatic carbocycles. The summed E-state index contributed by atoms with van der Waals surface area (Å²) in [4.78, 5) is 60.5. The summed E-state index contributed by atoms with van der Waals surface area (Å²) in [5.74, 6) is -3.24. The number of ketones is 2. The zero-order chi connectivity index (χ0) is 28.8. The molecule has 216 valence electrons. The number of rotatable bonds is 9. The lowest BCUT2D eigenvalue weighted by molar-refractivity contribution is -0.184. The highest BCUT2D eigenvalue weighted by Gasteiger charge is 2.68. The van der Waals surface area contributed by atoms with Crippen LogP contribution in [0.4, 0.5) is 0 Å². The SMILES string of the molecule is C[C@]12CCC(=O)C=C1CC[C@@H]1[C@@H]2[C@@H](O)C[C@@]2(C)[C@H]1CC[C@]2(O)C(=O)COC(=O)CCC(=O)N[C@H](CS)C(=O)O. The Morgan fingerprint density at radius 3 is 2.54 bits per heavy atom. The fourth-order valence-corrected chi connectivity index (χ4v) is 8.40. The Hall–Kier alpha value is -2.24. The molecular weight excluding hydrogens is 526 g/mol. The van der Waals surface area contributed by atoms with E-state index in [1.807, 2.05) is 6.92 Å². The van der Waals surface area contributed by atoms with E-state index in [9.17, 15) is 34.2 Å². The highest BCUT2D eigenvalue weighted by atomic mass is 32.1. The van der Waals surface area contributed by atoms with Crippen molar-refractivity contribution < 1.29 is 44.0 Å². The Morgan fingerprint density at radius 1 is 1.15 bits per heavy atom. The van der Waals surface area contributed by atoms with Crippen molar-refractivity contribution in [3.8, 4) is 0 Å². The van der Waals surface area contributed by atoms with Crippen LogP contribution >= 0.6 is 12.6 Å². The molecule has 4 rings (SSSR count). The van der Waals surface area contributed by atoms with Gasteiger partial charge in [-0.15, -0.1) is 0 Å². The highest BCUT2D eigenvalue weighted by Crippen LogP contribution is 2.67. The number of carboxylic acids is 1. The van der Waals surface area contributed by atoms with Gasteiger partial charge in [0.25, 0.3) is 0 Å². The summed E-state index contributed by atoms with van der Waals surface area (Å²) in [5.41, 5.74) is -1.82. The number of esters is 1. The predicted molar refractivity (Wildman–Crippen MR) is 142 cm³/mol. The summed E-state index contributed by atoms with van der Waals surface area (Å²) in [7, 11) is 0. The first-order valence-electron chi connectivity index (χ1n) is 13.7. The van der Waals surface area contributed by atoms with Crippen molar-refractivity contribution in [3.63, 3.8) is 0 Å². The monoisotopic (exact) mass is 565 g/mol. The minimum Gasteiger partial charge on any atom is -0.480 e. The van der Waals surface area contributed by atoms with E-state index in [0.717, 1.165) is 18.4 Å². The number of hydrogen-bond donors (Lipinski definition) is 5. The topological polar surface area (TPSA) is 167 Å². The van der Waals surface area contributed by atoms with Gasteiger partial charge < -0.3 is 25.4 Å². The number of thiol groups is 1. The molecule has 0 radical (unpaired) electrons. The van der Waals surface area contributed by atoms with E-state index < -0.39 is 53.4 Å². The van der Waals surface area contributed by atoms with Crippen molar-refractivity contribution in [2.24, 2.45) is 28.6 Å². The number of nitrogens with one attached hydrogen (secondary N) is 1. The van der Waals surface area contributed by atoms with Gasteiger partial charge in [0, 0.05) is 24.0 Å². The van der Waals surface area contributed by atoms with Gasteiger partial charge in [0.2, 0.25) is 11.7 Å². The van der Waals surface area contributed by atoms with Gasteiger partial charge in [0.15, 0.2) is 12.4 Å². The van der Waals surface area contributed by atoms with Crippen LogP contribution in [0.25, 0.3) is 0 Å². The standard InChI is InChI=1S/C28H39NO9S/c1-26-9-7-16(30)11-15(26)3-4-17-18-8-10-28(37,27(18,2)12-20(31)24(17)26)21(32)13-38-23(34)6-5-22(33)29-19(14-39)25(35)36/h11,17-20,24,31,37,39H,3-10,12-14H2,1-2H3,(H,29,33)(H,35,36)/t17-,18-,19+,20-,24+,26-,27-,28-/m0/s1. The number of carboxylic acid groups (broad SMARTS) is 1. The molecule has 0 aromatic heterocycles. The zero-order valence-electron chi connectivity index (χ0n) is 22.5. The summed E-state index contributed by atoms with van der Waals surface area (Å²) in [6, 6.07) is -1.18. The second-order valence-electron chi connectivity index (χ2n) is 12.2. The molecule has 1 amide bonds. The molecule has 4 aliphatic carbocycles. The van der Waals surface area contributed by atoms with Crippen LogP contribution in [0.3, 0.4) is 0 Å². The fraction of sp³-hybridized carbons (Fsp3) is 0.750. The molecule has 39 heavy (non-hydrogen) atoms. The molecule has 0 aromatic rings. The van der Waals surface area contributed by atoms with Crippen molar-refractivity contribution in [2.75, 3.05) is 12.4 Å². The molecule has 0 heterocycles. The third-order valence-corrected chi connectivity index (χ3v) is 10.6. The second kappa shape index (κ2) is 11.0. The van der Waals surface area contributed by atoms with E-state index >= 15 is 0 Å². The lowest BCUT2D eigenvalue weighted by Gasteiger charge is -2.60. The van der Waals surface area contributed by atoms with Gasteiger partial charge in [0.1, 0.15) is 11.6 Å². The molecule has 10 nitrogen and oxygen atoms in total. The van der Waals surface area contributed by atoms with Crippen molar-refractivity contribution >= 4 is 42.0 Å². The largest absolute Gasteiger partial charge is 0.480 e. The van der Waals surface area contributed by atoms with Crippen LogP contribution < -0.4 is 5.32 Å². The second-order valence-corrected chi connectivity index (χ2v) is 12.6. The van der Waals surface area contributed by atoms with Gasteiger partial charge in [-0.25, -0.2) is 4.79 Å². The molecule has 0 bridgehead atoms. The first-order chi connectivity index (χ1) is 18.3. The van der Waals surface area contributed by atoms with Crippen LogP contribution in [0.5, 0.6) is 0 Å². The molecule has 8 atom stereocenters. The van der Waals surface area contributed by atoms with Crippen LogP contribution in [0.2, 0.25) is 0 Å². The summed E-state index contributed by atoms with van der Waals surface area (Å²) in [5, 5.41) is 34.4. The molecule has 4 aliphatic rings. The van der Waals surface area contributed by atoms with E-state index in [4.69, 9.17) is 9.84 Å². The van der Waals surface area contributed by atoms with Crippen LogP contribution in [-0.2, 0) is 28.7 Å². The first kappa shape index (κ1) is 29.7. The lowest BCUT2D eigenvalue weighted by atomic mass is 9.45. The van der Waals surface area contributed by atoms with Crippen molar-refractivity contribution in [2.45, 2.75) is 89.4 Å². The van der Waals surface area contributed by atoms with Crippen LogP contribution in [0.15, 0.2) is 11.6 Å². The molecule has 4 N–H and O–H groups in total. The normalized spacial score (nSPS) is 38.0. The molecule has 0 saturated heterocycles. The first-order valence-corrected chi connectivity index (χ1v) is 14.4.